The van der Waals surface area contributed by atoms with E-state index in [4.69, 9.17) is 25.8 Å². The van der Waals surface area contributed by atoms with E-state index in [-0.39, 0.29) is 23.7 Å². The Bertz CT molecular complexity index is 599. The molecule has 6 heteroatoms. The highest BCUT2D eigenvalue weighted by Crippen LogP contribution is 2.43. The Labute approximate surface area is 171 Å². The van der Waals surface area contributed by atoms with Gasteiger partial charge in [0.2, 0.25) is 0 Å². The lowest BCUT2D eigenvalue weighted by molar-refractivity contribution is -0.195. The van der Waals surface area contributed by atoms with Crippen molar-refractivity contribution in [2.45, 2.75) is 76.1 Å². The van der Waals surface area contributed by atoms with Crippen LogP contribution in [0.4, 0.5) is 0 Å². The van der Waals surface area contributed by atoms with Crippen molar-refractivity contribution in [3.05, 3.63) is 21.9 Å². The number of methoxy groups -OCH3 is 1. The van der Waals surface area contributed by atoms with Gasteiger partial charge in [-0.1, -0.05) is 13.3 Å². The van der Waals surface area contributed by atoms with Gasteiger partial charge in [-0.05, 0) is 68.9 Å². The molecule has 0 spiro atoms. The van der Waals surface area contributed by atoms with Gasteiger partial charge in [0.1, 0.15) is 4.88 Å². The van der Waals surface area contributed by atoms with Crippen molar-refractivity contribution in [3.8, 4) is 0 Å². The van der Waals surface area contributed by atoms with Gasteiger partial charge in [0, 0.05) is 16.9 Å². The van der Waals surface area contributed by atoms with E-state index in [2.05, 4.69) is 6.92 Å². The van der Waals surface area contributed by atoms with Crippen LogP contribution in [0.5, 0.6) is 0 Å². The summed E-state index contributed by atoms with van der Waals surface area (Å²) in [5.74, 6) is 0.746. The number of hydrogen-bond donors (Lipinski definition) is 0. The van der Waals surface area contributed by atoms with E-state index in [1.807, 2.05) is 12.1 Å². The molecule has 0 N–H and O–H groups in total. The molecule has 0 amide bonds. The molecule has 0 aromatic carbocycles. The monoisotopic (exact) mass is 414 g/mol. The number of halogens is 1. The summed E-state index contributed by atoms with van der Waals surface area (Å²) in [6, 6.07) is 3.89. The SMILES string of the molecule is CC[C@@H]1[C@@H](CCCc2ccc(C(=O)OC)s2)[C@H](Cl)C[C@H]1OC1CCCCO1. The topological polar surface area (TPSA) is 44.8 Å². The number of esters is 1. The maximum absolute atomic E-state index is 11.6. The average molecular weight is 415 g/mol. The molecule has 27 heavy (non-hydrogen) atoms. The number of ether oxygens (including phenoxy) is 3. The predicted octanol–water partition coefficient (Wildman–Crippen LogP) is 5.42. The van der Waals surface area contributed by atoms with Crippen molar-refractivity contribution in [1.82, 2.24) is 0 Å². The average Bonchev–Trinajstić information content (AvgIpc) is 3.27. The van der Waals surface area contributed by atoms with Gasteiger partial charge < -0.3 is 14.2 Å². The molecular weight excluding hydrogens is 384 g/mol. The first-order chi connectivity index (χ1) is 13.1. The van der Waals surface area contributed by atoms with Crippen LogP contribution in [0, 0.1) is 11.8 Å². The summed E-state index contributed by atoms with van der Waals surface area (Å²) in [6.45, 7) is 3.06. The second-order valence-electron chi connectivity index (χ2n) is 7.61. The second-order valence-corrected chi connectivity index (χ2v) is 9.34. The Kier molecular flexibility index (Phi) is 8.00. The van der Waals surface area contributed by atoms with Gasteiger partial charge in [0.25, 0.3) is 0 Å². The third-order valence-corrected chi connectivity index (χ3v) is 7.52. The van der Waals surface area contributed by atoms with Gasteiger partial charge in [0.05, 0.1) is 13.2 Å². The molecule has 152 valence electrons. The van der Waals surface area contributed by atoms with E-state index >= 15 is 0 Å². The molecule has 1 aromatic heterocycles. The molecule has 4 nitrogen and oxygen atoms in total. The second kappa shape index (κ2) is 10.2. The van der Waals surface area contributed by atoms with Crippen molar-refractivity contribution in [3.63, 3.8) is 0 Å². The van der Waals surface area contributed by atoms with E-state index in [0.717, 1.165) is 51.6 Å². The summed E-state index contributed by atoms with van der Waals surface area (Å²) in [4.78, 5) is 13.5. The minimum atomic E-state index is -0.251. The van der Waals surface area contributed by atoms with Crippen LogP contribution in [-0.2, 0) is 20.6 Å². The van der Waals surface area contributed by atoms with E-state index in [1.54, 1.807) is 0 Å². The van der Waals surface area contributed by atoms with Gasteiger partial charge in [-0.25, -0.2) is 4.79 Å². The van der Waals surface area contributed by atoms with Gasteiger partial charge in [-0.3, -0.25) is 0 Å². The van der Waals surface area contributed by atoms with Crippen LogP contribution in [0.25, 0.3) is 0 Å². The van der Waals surface area contributed by atoms with E-state index < -0.39 is 0 Å². The number of carbonyl (C=O) groups is 1. The predicted molar refractivity (Wildman–Crippen MR) is 109 cm³/mol. The van der Waals surface area contributed by atoms with Crippen LogP contribution in [0.15, 0.2) is 12.1 Å². The molecule has 5 atom stereocenters. The molecule has 1 unspecified atom stereocenters. The molecule has 0 radical (unpaired) electrons. The minimum Gasteiger partial charge on any atom is -0.465 e. The molecule has 1 saturated heterocycles. The quantitative estimate of drug-likeness (QED) is 0.420. The maximum atomic E-state index is 11.6. The molecule has 1 aliphatic carbocycles. The van der Waals surface area contributed by atoms with Crippen molar-refractivity contribution in [2.75, 3.05) is 13.7 Å². The maximum Gasteiger partial charge on any atom is 0.348 e. The Morgan fingerprint density at radius 2 is 2.19 bits per heavy atom. The van der Waals surface area contributed by atoms with Gasteiger partial charge in [0.15, 0.2) is 6.29 Å². The minimum absolute atomic E-state index is 0.0386. The number of thiophene rings is 1. The lowest BCUT2D eigenvalue weighted by Gasteiger charge is -2.30. The fourth-order valence-corrected chi connectivity index (χ4v) is 5.94. The summed E-state index contributed by atoms with van der Waals surface area (Å²) in [5, 5.41) is 0.178. The molecule has 3 rings (SSSR count). The molecule has 2 heterocycles. The van der Waals surface area contributed by atoms with E-state index in [1.165, 1.54) is 29.7 Å². The van der Waals surface area contributed by atoms with Crippen molar-refractivity contribution in [2.24, 2.45) is 11.8 Å². The lowest BCUT2D eigenvalue weighted by atomic mass is 9.88. The Morgan fingerprint density at radius 1 is 1.33 bits per heavy atom. The molecular formula is C21H31ClO4S. The number of carbonyl (C=O) groups excluding carboxylic acids is 1. The van der Waals surface area contributed by atoms with Gasteiger partial charge in [-0.15, -0.1) is 22.9 Å². The smallest absolute Gasteiger partial charge is 0.348 e. The van der Waals surface area contributed by atoms with Crippen LogP contribution in [0.2, 0.25) is 0 Å². The third kappa shape index (κ3) is 5.47. The highest BCUT2D eigenvalue weighted by atomic mass is 35.5. The summed E-state index contributed by atoms with van der Waals surface area (Å²) < 4.78 is 16.9. The molecule has 0 bridgehead atoms. The fraction of sp³-hybridized carbons (Fsp3) is 0.762. The zero-order valence-corrected chi connectivity index (χ0v) is 17.9. The fourth-order valence-electron chi connectivity index (χ4n) is 4.48. The van der Waals surface area contributed by atoms with Crippen LogP contribution in [0.3, 0.4) is 0 Å². The lowest BCUT2D eigenvalue weighted by Crippen LogP contribution is -2.31. The molecule has 1 aromatic rings. The summed E-state index contributed by atoms with van der Waals surface area (Å²) in [7, 11) is 1.42. The number of rotatable bonds is 8. The van der Waals surface area contributed by atoms with Crippen LogP contribution in [0.1, 0.15) is 66.4 Å². The van der Waals surface area contributed by atoms with Crippen molar-refractivity contribution in [1.29, 1.82) is 0 Å². The normalized spacial score (nSPS) is 31.1. The number of hydrogen-bond acceptors (Lipinski definition) is 5. The molecule has 1 saturated carbocycles. The molecule has 2 fully saturated rings. The summed E-state index contributed by atoms with van der Waals surface area (Å²) >= 11 is 8.26. The Morgan fingerprint density at radius 3 is 2.89 bits per heavy atom. The first-order valence-corrected chi connectivity index (χ1v) is 11.5. The first-order valence-electron chi connectivity index (χ1n) is 10.2. The zero-order chi connectivity index (χ0) is 19.2. The van der Waals surface area contributed by atoms with Gasteiger partial charge >= 0.3 is 5.97 Å². The van der Waals surface area contributed by atoms with Crippen LogP contribution < -0.4 is 0 Å². The van der Waals surface area contributed by atoms with Crippen LogP contribution in [-0.4, -0.2) is 37.5 Å². The molecule has 1 aliphatic heterocycles. The van der Waals surface area contributed by atoms with Crippen molar-refractivity contribution >= 4 is 28.9 Å². The van der Waals surface area contributed by atoms with Gasteiger partial charge in [-0.2, -0.15) is 0 Å². The zero-order valence-electron chi connectivity index (χ0n) is 16.3. The summed E-state index contributed by atoms with van der Waals surface area (Å²) in [6.07, 6.45) is 8.70. The highest BCUT2D eigenvalue weighted by molar-refractivity contribution is 7.13. The number of alkyl halides is 1. The highest BCUT2D eigenvalue weighted by Gasteiger charge is 2.42. The third-order valence-electron chi connectivity index (χ3n) is 5.89. The van der Waals surface area contributed by atoms with Crippen LogP contribution >= 0.6 is 22.9 Å². The van der Waals surface area contributed by atoms with E-state index in [9.17, 15) is 4.79 Å². The van der Waals surface area contributed by atoms with Crippen molar-refractivity contribution < 1.29 is 19.0 Å². The standard InChI is InChI=1S/C21H31ClO4S/c1-3-15-16(8-6-7-14-10-11-19(27-14)21(23)24-2)17(22)13-18(15)26-20-9-4-5-12-25-20/h10-11,15-18,20H,3-9,12-13H2,1-2H3/t15-,16-,17-,18-,20?/m1/s1. The number of aryl methyl sites for hydroxylation is 1. The molecule has 2 aliphatic rings. The van der Waals surface area contributed by atoms with E-state index in [0.29, 0.717) is 16.7 Å². The first kappa shape index (κ1) is 21.1. The Hall–Kier alpha value is -0.620. The summed E-state index contributed by atoms with van der Waals surface area (Å²) in [5.41, 5.74) is 0. The largest absolute Gasteiger partial charge is 0.465 e. The Balaban J connectivity index is 1.49.